The van der Waals surface area contributed by atoms with Crippen molar-refractivity contribution in [2.24, 2.45) is 0 Å². The Morgan fingerprint density at radius 3 is 2.88 bits per heavy atom. The lowest BCUT2D eigenvalue weighted by atomic mass is 10.1. The Labute approximate surface area is 102 Å². The van der Waals surface area contributed by atoms with E-state index in [1.165, 1.54) is 25.7 Å². The van der Waals surface area contributed by atoms with E-state index in [0.29, 0.717) is 0 Å². The molecule has 4 heteroatoms. The Balaban J connectivity index is 2.34. The fourth-order valence-electron chi connectivity index (χ4n) is 2.10. The third-order valence-corrected chi connectivity index (χ3v) is 4.51. The van der Waals surface area contributed by atoms with Crippen molar-refractivity contribution in [3.63, 3.8) is 0 Å². The number of unbranched alkanes of at least 4 members (excludes halogenated alkanes) is 3. The summed E-state index contributed by atoms with van der Waals surface area (Å²) in [5.41, 5.74) is 0. The molecule has 1 rings (SSSR count). The molecule has 1 heterocycles. The minimum Gasteiger partial charge on any atom is -0.480 e. The fourth-order valence-corrected chi connectivity index (χ4v) is 3.42. The molecule has 0 aromatic rings. The van der Waals surface area contributed by atoms with Gasteiger partial charge in [-0.2, -0.15) is 0 Å². The number of hydrogen-bond acceptors (Lipinski definition) is 3. The molecule has 2 unspecified atom stereocenters. The number of hydrogen-bond donors (Lipinski definition) is 2. The van der Waals surface area contributed by atoms with Crippen molar-refractivity contribution >= 4 is 17.7 Å². The molecule has 16 heavy (non-hydrogen) atoms. The number of carbonyl (C=O) groups is 1. The lowest BCUT2D eigenvalue weighted by molar-refractivity contribution is -0.140. The molecule has 0 aromatic heterocycles. The lowest BCUT2D eigenvalue weighted by Crippen LogP contribution is -2.52. The molecule has 1 fully saturated rings. The van der Waals surface area contributed by atoms with Gasteiger partial charge in [-0.1, -0.05) is 32.6 Å². The van der Waals surface area contributed by atoms with E-state index in [1.54, 1.807) is 0 Å². The zero-order chi connectivity index (χ0) is 12.0. The second kappa shape index (κ2) is 6.50. The van der Waals surface area contributed by atoms with E-state index in [-0.39, 0.29) is 10.9 Å². The lowest BCUT2D eigenvalue weighted by Gasteiger charge is -2.37. The molecule has 1 saturated heterocycles. The molecular formula is C12H23NO2S. The third kappa shape index (κ3) is 4.34. The van der Waals surface area contributed by atoms with Crippen LogP contribution < -0.4 is 5.32 Å². The smallest absolute Gasteiger partial charge is 0.320 e. The molecule has 0 spiro atoms. The molecule has 3 nitrogen and oxygen atoms in total. The topological polar surface area (TPSA) is 49.3 Å². The molecular weight excluding hydrogens is 222 g/mol. The van der Waals surface area contributed by atoms with Gasteiger partial charge in [0.1, 0.15) is 6.04 Å². The highest BCUT2D eigenvalue weighted by Crippen LogP contribution is 2.33. The maximum atomic E-state index is 10.9. The number of nitrogens with one attached hydrogen (secondary N) is 1. The van der Waals surface area contributed by atoms with Gasteiger partial charge >= 0.3 is 5.97 Å². The molecule has 2 N–H and O–H groups in total. The predicted octanol–water partition coefficient (Wildman–Crippen LogP) is 2.85. The molecule has 0 aromatic carbocycles. The van der Waals surface area contributed by atoms with Crippen LogP contribution in [0.1, 0.15) is 52.4 Å². The van der Waals surface area contributed by atoms with Crippen LogP contribution in [0.3, 0.4) is 0 Å². The molecule has 1 aliphatic rings. The van der Waals surface area contributed by atoms with E-state index in [0.717, 1.165) is 18.6 Å². The highest BCUT2D eigenvalue weighted by Gasteiger charge is 2.34. The van der Waals surface area contributed by atoms with E-state index in [2.05, 4.69) is 19.2 Å². The first kappa shape index (κ1) is 13.8. The van der Waals surface area contributed by atoms with Crippen LogP contribution in [0, 0.1) is 0 Å². The maximum Gasteiger partial charge on any atom is 0.320 e. The van der Waals surface area contributed by atoms with Crippen molar-refractivity contribution in [3.05, 3.63) is 0 Å². The zero-order valence-corrected chi connectivity index (χ0v) is 11.1. The summed E-state index contributed by atoms with van der Waals surface area (Å²) in [6.45, 7) is 4.34. The summed E-state index contributed by atoms with van der Waals surface area (Å²) in [5, 5.41) is 12.3. The van der Waals surface area contributed by atoms with Gasteiger partial charge in [-0.3, -0.25) is 10.1 Å². The van der Waals surface area contributed by atoms with Crippen LogP contribution in [0.15, 0.2) is 0 Å². The summed E-state index contributed by atoms with van der Waals surface area (Å²) in [7, 11) is 0. The highest BCUT2D eigenvalue weighted by molar-refractivity contribution is 8.00. The van der Waals surface area contributed by atoms with Gasteiger partial charge in [0.2, 0.25) is 0 Å². The quantitative estimate of drug-likeness (QED) is 0.706. The van der Waals surface area contributed by atoms with Crippen LogP contribution in [0.4, 0.5) is 0 Å². The van der Waals surface area contributed by atoms with E-state index in [9.17, 15) is 4.79 Å². The Morgan fingerprint density at radius 1 is 1.50 bits per heavy atom. The first-order valence-corrected chi connectivity index (χ1v) is 7.20. The second-order valence-electron chi connectivity index (χ2n) is 4.71. The maximum absolute atomic E-state index is 10.9. The summed E-state index contributed by atoms with van der Waals surface area (Å²) in [4.78, 5) is 10.9. The van der Waals surface area contributed by atoms with Gasteiger partial charge in [-0.15, -0.1) is 11.8 Å². The van der Waals surface area contributed by atoms with Gasteiger partial charge in [0.15, 0.2) is 0 Å². The zero-order valence-electron chi connectivity index (χ0n) is 10.3. The Morgan fingerprint density at radius 2 is 2.25 bits per heavy atom. The number of thioether (sulfide) groups is 1. The van der Waals surface area contributed by atoms with Crippen LogP contribution in [-0.2, 0) is 4.79 Å². The summed E-state index contributed by atoms with van der Waals surface area (Å²) in [6.07, 6.45) is 6.78. The molecule has 0 bridgehead atoms. The van der Waals surface area contributed by atoms with E-state index in [1.807, 2.05) is 11.8 Å². The first-order chi connectivity index (χ1) is 7.57. The van der Waals surface area contributed by atoms with Crippen molar-refractivity contribution in [2.75, 3.05) is 5.75 Å². The van der Waals surface area contributed by atoms with Crippen LogP contribution in [0.2, 0.25) is 0 Å². The predicted molar refractivity (Wildman–Crippen MR) is 68.8 cm³/mol. The van der Waals surface area contributed by atoms with Gasteiger partial charge in [-0.05, 0) is 25.5 Å². The largest absolute Gasteiger partial charge is 0.480 e. The van der Waals surface area contributed by atoms with Crippen molar-refractivity contribution in [2.45, 2.75) is 63.3 Å². The molecule has 0 aliphatic carbocycles. The fraction of sp³-hybridized carbons (Fsp3) is 0.917. The van der Waals surface area contributed by atoms with Gasteiger partial charge < -0.3 is 5.11 Å². The van der Waals surface area contributed by atoms with E-state index >= 15 is 0 Å². The van der Waals surface area contributed by atoms with Crippen molar-refractivity contribution < 1.29 is 9.90 Å². The van der Waals surface area contributed by atoms with Gasteiger partial charge in [-0.25, -0.2) is 0 Å². The summed E-state index contributed by atoms with van der Waals surface area (Å²) < 4.78 is 0. The molecule has 2 atom stereocenters. The van der Waals surface area contributed by atoms with Crippen molar-refractivity contribution in [1.29, 1.82) is 0 Å². The number of rotatable bonds is 6. The Bertz CT molecular complexity index is 235. The molecule has 94 valence electrons. The highest BCUT2D eigenvalue weighted by atomic mass is 32.2. The van der Waals surface area contributed by atoms with Crippen molar-refractivity contribution in [3.8, 4) is 0 Å². The van der Waals surface area contributed by atoms with Gasteiger partial charge in [0.05, 0.1) is 4.87 Å². The third-order valence-electron chi connectivity index (χ3n) is 3.11. The minimum atomic E-state index is -0.708. The second-order valence-corrected chi connectivity index (χ2v) is 6.31. The summed E-state index contributed by atoms with van der Waals surface area (Å²) in [6, 6.07) is -0.350. The minimum absolute atomic E-state index is 0.0327. The Hall–Kier alpha value is -0.220. The molecule has 0 saturated carbocycles. The number of carboxylic acid groups (broad SMARTS) is 1. The van der Waals surface area contributed by atoms with E-state index in [4.69, 9.17) is 5.11 Å². The SMILES string of the molecule is CCCCCCC1(C)NC(C(=O)O)CCS1. The average Bonchev–Trinajstić information content (AvgIpc) is 2.24. The van der Waals surface area contributed by atoms with Crippen LogP contribution in [-0.4, -0.2) is 27.7 Å². The molecule has 0 radical (unpaired) electrons. The average molecular weight is 245 g/mol. The Kier molecular flexibility index (Phi) is 5.62. The number of aliphatic carboxylic acids is 1. The molecule has 1 aliphatic heterocycles. The van der Waals surface area contributed by atoms with Crippen LogP contribution >= 0.6 is 11.8 Å². The standard InChI is InChI=1S/C12H23NO2S/c1-3-4-5-6-8-12(2)13-10(11(14)15)7-9-16-12/h10,13H,3-9H2,1-2H3,(H,14,15). The van der Waals surface area contributed by atoms with Crippen molar-refractivity contribution in [1.82, 2.24) is 5.32 Å². The monoisotopic (exact) mass is 245 g/mol. The summed E-state index contributed by atoms with van der Waals surface area (Å²) >= 11 is 1.87. The molecule has 0 amide bonds. The van der Waals surface area contributed by atoms with E-state index < -0.39 is 5.97 Å². The number of carboxylic acids is 1. The van der Waals surface area contributed by atoms with Gasteiger partial charge in [0, 0.05) is 0 Å². The first-order valence-electron chi connectivity index (χ1n) is 6.22. The van der Waals surface area contributed by atoms with Gasteiger partial charge in [0.25, 0.3) is 0 Å². The normalized spacial score (nSPS) is 30.2. The summed E-state index contributed by atoms with van der Waals surface area (Å²) in [5.74, 6) is 0.244. The van der Waals surface area contributed by atoms with Crippen LogP contribution in [0.25, 0.3) is 0 Å². The van der Waals surface area contributed by atoms with Crippen LogP contribution in [0.5, 0.6) is 0 Å².